The Bertz CT molecular complexity index is 1690. The third kappa shape index (κ3) is 8.68. The number of benzene rings is 2. The Kier molecular flexibility index (Phi) is 11.0. The van der Waals surface area contributed by atoms with E-state index in [2.05, 4.69) is 43.0 Å². The maximum absolute atomic E-state index is 14.7. The van der Waals surface area contributed by atoms with Gasteiger partial charge in [0, 0.05) is 23.7 Å². The van der Waals surface area contributed by atoms with E-state index in [4.69, 9.17) is 21.2 Å². The zero-order chi connectivity index (χ0) is 38.4. The molecule has 2 aliphatic heterocycles. The van der Waals surface area contributed by atoms with E-state index in [9.17, 15) is 19.2 Å². The Morgan fingerprint density at radius 2 is 1.67 bits per heavy atom. The monoisotopic (exact) mass is 737 g/mol. The molecule has 1 aliphatic carbocycles. The highest BCUT2D eigenvalue weighted by molar-refractivity contribution is 6.31. The van der Waals surface area contributed by atoms with Gasteiger partial charge in [0.25, 0.3) is 5.91 Å². The number of carbonyl (C=O) groups excluding carboxylic acids is 4. The lowest BCUT2D eigenvalue weighted by atomic mass is 9.84. The average Bonchev–Trinajstić information content (AvgIpc) is 3.35. The third-order valence-electron chi connectivity index (χ3n) is 10.3. The molecule has 0 bridgehead atoms. The van der Waals surface area contributed by atoms with Gasteiger partial charge in [0.2, 0.25) is 11.8 Å². The van der Waals surface area contributed by atoms with Crippen molar-refractivity contribution in [1.82, 2.24) is 20.6 Å². The lowest BCUT2D eigenvalue weighted by Gasteiger charge is -2.36. The van der Waals surface area contributed by atoms with E-state index in [-0.39, 0.29) is 30.2 Å². The number of hydrogen-bond donors (Lipinski definition) is 3. The highest BCUT2D eigenvalue weighted by Gasteiger charge is 2.61. The number of anilines is 1. The molecular formula is C40H56ClN5O6. The molecule has 4 amide bonds. The number of carbonyl (C=O) groups is 4. The second kappa shape index (κ2) is 14.5. The molecule has 1 saturated heterocycles. The number of rotatable bonds is 9. The summed E-state index contributed by atoms with van der Waals surface area (Å²) in [7, 11) is 0. The van der Waals surface area contributed by atoms with Crippen molar-refractivity contribution in [2.45, 2.75) is 136 Å². The Balaban J connectivity index is 1.40. The van der Waals surface area contributed by atoms with E-state index in [0.717, 1.165) is 22.4 Å². The molecule has 11 nitrogen and oxygen atoms in total. The third-order valence-corrected chi connectivity index (χ3v) is 10.6. The average molecular weight is 738 g/mol. The molecule has 12 heteroatoms. The van der Waals surface area contributed by atoms with Crippen LogP contribution in [0.5, 0.6) is 0 Å². The van der Waals surface area contributed by atoms with Crippen LogP contribution in [0.1, 0.15) is 105 Å². The summed E-state index contributed by atoms with van der Waals surface area (Å²) < 4.78 is 6.03. The first kappa shape index (κ1) is 39.4. The van der Waals surface area contributed by atoms with Gasteiger partial charge in [-0.15, -0.1) is 0 Å². The number of fused-ring (bicyclic) bond motifs is 1. The summed E-state index contributed by atoms with van der Waals surface area (Å²) in [4.78, 5) is 64.7. The molecule has 284 valence electrons. The molecule has 1 saturated carbocycles. The number of halogens is 1. The van der Waals surface area contributed by atoms with Crippen LogP contribution >= 0.6 is 11.6 Å². The molecule has 2 aromatic carbocycles. The lowest BCUT2D eigenvalue weighted by Crippen LogP contribution is -2.58. The maximum atomic E-state index is 14.7. The van der Waals surface area contributed by atoms with Crippen LogP contribution in [0.15, 0.2) is 42.5 Å². The van der Waals surface area contributed by atoms with Crippen molar-refractivity contribution in [3.05, 3.63) is 64.2 Å². The summed E-state index contributed by atoms with van der Waals surface area (Å²) in [6.45, 7) is 20.4. The van der Waals surface area contributed by atoms with Gasteiger partial charge < -0.3 is 20.3 Å². The molecular weight excluding hydrogens is 682 g/mol. The Labute approximate surface area is 313 Å². The predicted octanol–water partition coefficient (Wildman–Crippen LogP) is 6.72. The number of nitrogens with zero attached hydrogens (tertiary/aromatic N) is 2. The van der Waals surface area contributed by atoms with Crippen molar-refractivity contribution in [1.29, 1.82) is 0 Å². The first-order valence-corrected chi connectivity index (χ1v) is 18.7. The fourth-order valence-corrected chi connectivity index (χ4v) is 7.32. The zero-order valence-corrected chi connectivity index (χ0v) is 33.1. The van der Waals surface area contributed by atoms with E-state index in [1.807, 2.05) is 78.8 Å². The van der Waals surface area contributed by atoms with Crippen LogP contribution in [0.2, 0.25) is 5.02 Å². The Hall–Kier alpha value is -3.83. The van der Waals surface area contributed by atoms with Gasteiger partial charge in [-0.25, -0.2) is 10.3 Å². The van der Waals surface area contributed by atoms with Crippen molar-refractivity contribution in [3.8, 4) is 0 Å². The molecule has 2 aromatic rings. The van der Waals surface area contributed by atoms with Crippen LogP contribution in [-0.4, -0.2) is 69.5 Å². The molecule has 5 rings (SSSR count). The summed E-state index contributed by atoms with van der Waals surface area (Å²) in [5, 5.41) is 7.09. The van der Waals surface area contributed by atoms with Gasteiger partial charge in [0.1, 0.15) is 23.7 Å². The van der Waals surface area contributed by atoms with Crippen molar-refractivity contribution < 1.29 is 28.8 Å². The standard InChI is InChI=1S/C40H56ClN5O6/c1-11-25-20-40(25,35(49)44-52-39(8,9)10)43-33(47)31-19-28(51-36(50)45-21-24-14-12-17-30(41)29(24)23-45)22-46(31)34(48)32(38(5,6)7)42-27-16-13-15-26(18-27)37(2,3)4/h12-18,25,28,31-32,42H,11,19-23H2,1-10H3,(H,43,47)(H,44,49)/t25-,28?,31+,32-,40-/m1/s1. The van der Waals surface area contributed by atoms with Gasteiger partial charge in [0.05, 0.1) is 18.7 Å². The lowest BCUT2D eigenvalue weighted by molar-refractivity contribution is -0.151. The van der Waals surface area contributed by atoms with Crippen molar-refractivity contribution in [2.24, 2.45) is 11.3 Å². The fourth-order valence-electron chi connectivity index (χ4n) is 7.06. The summed E-state index contributed by atoms with van der Waals surface area (Å²) in [6.07, 6.45) is -0.108. The van der Waals surface area contributed by atoms with E-state index in [1.54, 1.807) is 11.0 Å². The molecule has 2 fully saturated rings. The van der Waals surface area contributed by atoms with Gasteiger partial charge >= 0.3 is 6.09 Å². The first-order valence-electron chi connectivity index (χ1n) is 18.3. The Morgan fingerprint density at radius 3 is 2.27 bits per heavy atom. The summed E-state index contributed by atoms with van der Waals surface area (Å²) in [6, 6.07) is 11.9. The molecule has 52 heavy (non-hydrogen) atoms. The smallest absolute Gasteiger partial charge is 0.410 e. The van der Waals surface area contributed by atoms with Gasteiger partial charge in [-0.05, 0) is 78.8 Å². The number of likely N-dealkylation sites (tertiary alicyclic amines) is 1. The molecule has 3 aliphatic rings. The molecule has 1 unspecified atom stereocenters. The molecule has 5 atom stereocenters. The van der Waals surface area contributed by atoms with Crippen LogP contribution < -0.4 is 16.1 Å². The fraction of sp³-hybridized carbons (Fsp3) is 0.600. The van der Waals surface area contributed by atoms with Gasteiger partial charge in [-0.3, -0.25) is 24.1 Å². The van der Waals surface area contributed by atoms with Gasteiger partial charge in [-0.1, -0.05) is 90.8 Å². The highest BCUT2D eigenvalue weighted by atomic mass is 35.5. The normalized spacial score (nSPS) is 23.5. The Morgan fingerprint density at radius 1 is 0.981 bits per heavy atom. The highest BCUT2D eigenvalue weighted by Crippen LogP contribution is 2.46. The second-order valence-corrected chi connectivity index (χ2v) is 18.1. The van der Waals surface area contributed by atoms with Crippen molar-refractivity contribution in [3.63, 3.8) is 0 Å². The largest absolute Gasteiger partial charge is 0.444 e. The number of amides is 4. The van der Waals surface area contributed by atoms with E-state index >= 15 is 0 Å². The molecule has 0 aromatic heterocycles. The van der Waals surface area contributed by atoms with E-state index in [1.165, 1.54) is 4.90 Å². The number of ether oxygens (including phenoxy) is 1. The SMILES string of the molecule is CC[C@@H]1C[C@]1(NC(=O)[C@@H]1CC(OC(=O)N2Cc3cccc(Cl)c3C2)CN1C(=O)[C@@H](Nc1cccc(C(C)(C)C)c1)C(C)(C)C)C(=O)NOC(C)(C)C. The van der Waals surface area contributed by atoms with Crippen LogP contribution in [0.4, 0.5) is 10.5 Å². The number of hydroxylamine groups is 1. The molecule has 0 spiro atoms. The number of nitrogens with one attached hydrogen (secondary N) is 3. The minimum atomic E-state index is -1.17. The van der Waals surface area contributed by atoms with Crippen LogP contribution in [-0.2, 0) is 42.5 Å². The van der Waals surface area contributed by atoms with Gasteiger partial charge in [0.15, 0.2) is 0 Å². The van der Waals surface area contributed by atoms with Crippen molar-refractivity contribution in [2.75, 3.05) is 11.9 Å². The van der Waals surface area contributed by atoms with E-state index < -0.39 is 52.7 Å². The van der Waals surface area contributed by atoms with Gasteiger partial charge in [-0.2, -0.15) is 0 Å². The molecule has 3 N–H and O–H groups in total. The predicted molar refractivity (Wildman–Crippen MR) is 201 cm³/mol. The van der Waals surface area contributed by atoms with Crippen LogP contribution in [0.3, 0.4) is 0 Å². The van der Waals surface area contributed by atoms with Crippen LogP contribution in [0, 0.1) is 11.3 Å². The summed E-state index contributed by atoms with van der Waals surface area (Å²) in [5.41, 5.74) is 3.81. The van der Waals surface area contributed by atoms with Crippen LogP contribution in [0.25, 0.3) is 0 Å². The second-order valence-electron chi connectivity index (χ2n) is 17.7. The zero-order valence-electron chi connectivity index (χ0n) is 32.3. The first-order chi connectivity index (χ1) is 24.1. The van der Waals surface area contributed by atoms with Crippen molar-refractivity contribution >= 4 is 41.1 Å². The van der Waals surface area contributed by atoms with E-state index in [0.29, 0.717) is 31.0 Å². The minimum absolute atomic E-state index is 0.0179. The maximum Gasteiger partial charge on any atom is 0.410 e. The summed E-state index contributed by atoms with van der Waals surface area (Å²) in [5.74, 6) is -1.30. The minimum Gasteiger partial charge on any atom is -0.444 e. The quantitative estimate of drug-likeness (QED) is 0.244. The summed E-state index contributed by atoms with van der Waals surface area (Å²) >= 11 is 6.41. The topological polar surface area (TPSA) is 129 Å². The molecule has 0 radical (unpaired) electrons. The molecule has 2 heterocycles. The number of hydrogen-bond acceptors (Lipinski definition) is 7.